The normalized spacial score (nSPS) is 10.7. The van der Waals surface area contributed by atoms with E-state index in [0.717, 1.165) is 23.9 Å². The first-order valence-corrected chi connectivity index (χ1v) is 8.55. The lowest BCUT2D eigenvalue weighted by Gasteiger charge is -2.19. The van der Waals surface area contributed by atoms with Crippen molar-refractivity contribution in [2.45, 2.75) is 37.8 Å². The number of nitrogens with one attached hydrogen (secondary N) is 2. The Bertz CT molecular complexity index is 638. The number of hydrogen-bond acceptors (Lipinski definition) is 4. The Morgan fingerprint density at radius 3 is 2.78 bits per heavy atom. The van der Waals surface area contributed by atoms with Gasteiger partial charge in [-0.15, -0.1) is 0 Å². The van der Waals surface area contributed by atoms with Crippen LogP contribution in [0.25, 0.3) is 11.0 Å². The van der Waals surface area contributed by atoms with Gasteiger partial charge in [-0.05, 0) is 18.6 Å². The molecule has 1 heterocycles. The number of aromatic nitrogens is 2. The lowest BCUT2D eigenvalue weighted by Crippen LogP contribution is -2.27. The van der Waals surface area contributed by atoms with Crippen LogP contribution in [-0.2, 0) is 9.59 Å². The Balaban J connectivity index is 2.04. The van der Waals surface area contributed by atoms with Gasteiger partial charge >= 0.3 is 0 Å². The van der Waals surface area contributed by atoms with Crippen molar-refractivity contribution >= 4 is 34.8 Å². The van der Waals surface area contributed by atoms with Crippen molar-refractivity contribution in [2.75, 3.05) is 13.6 Å². The summed E-state index contributed by atoms with van der Waals surface area (Å²) in [7, 11) is 1.57. The lowest BCUT2D eigenvalue weighted by molar-refractivity contribution is -0.129. The molecule has 1 aromatic heterocycles. The Hall–Kier alpha value is -2.02. The number of amides is 2. The quantitative estimate of drug-likeness (QED) is 0.728. The highest BCUT2D eigenvalue weighted by molar-refractivity contribution is 7.97. The highest BCUT2D eigenvalue weighted by atomic mass is 32.2. The van der Waals surface area contributed by atoms with E-state index < -0.39 is 0 Å². The first-order chi connectivity index (χ1) is 11.1. The zero-order valence-corrected chi connectivity index (χ0v) is 14.3. The summed E-state index contributed by atoms with van der Waals surface area (Å²) < 4.78 is 1.70. The van der Waals surface area contributed by atoms with Crippen molar-refractivity contribution in [3.8, 4) is 0 Å². The molecule has 0 unspecified atom stereocenters. The van der Waals surface area contributed by atoms with E-state index in [1.165, 1.54) is 11.9 Å². The first kappa shape index (κ1) is 17.3. The molecule has 2 N–H and O–H groups in total. The van der Waals surface area contributed by atoms with Crippen molar-refractivity contribution in [2.24, 2.45) is 0 Å². The molecule has 0 saturated carbocycles. The third-order valence-electron chi connectivity index (χ3n) is 3.40. The summed E-state index contributed by atoms with van der Waals surface area (Å²) in [5, 5.41) is 3.23. The number of unbranched alkanes of at least 4 members (excludes halogenated alkanes) is 1. The summed E-state index contributed by atoms with van der Waals surface area (Å²) in [5.41, 5.74) is 1.83. The number of H-pyrrole nitrogens is 1. The molecule has 0 bridgehead atoms. The van der Waals surface area contributed by atoms with Crippen molar-refractivity contribution in [1.29, 1.82) is 0 Å². The third kappa shape index (κ3) is 4.99. The van der Waals surface area contributed by atoms with Crippen LogP contribution in [0.5, 0.6) is 0 Å². The van der Waals surface area contributed by atoms with Crippen LogP contribution in [0.3, 0.4) is 0 Å². The van der Waals surface area contributed by atoms with Crippen molar-refractivity contribution < 1.29 is 9.59 Å². The van der Waals surface area contributed by atoms with E-state index in [4.69, 9.17) is 0 Å². The summed E-state index contributed by atoms with van der Waals surface area (Å²) in [6.07, 6.45) is 2.33. The van der Waals surface area contributed by atoms with E-state index in [1.807, 2.05) is 24.3 Å². The standard InChI is InChI=1S/C16H22N4O2S/c1-3-4-11-20(15(22)10-9-14(21)17-2)23-16-18-12-7-5-6-8-13(12)19-16/h5-8H,3-4,9-11H2,1-2H3,(H,17,21)(H,18,19). The monoisotopic (exact) mass is 334 g/mol. The van der Waals surface area contributed by atoms with Crippen LogP contribution >= 0.6 is 11.9 Å². The number of carbonyl (C=O) groups excluding carboxylic acids is 2. The molecule has 23 heavy (non-hydrogen) atoms. The number of imidazole rings is 1. The van der Waals surface area contributed by atoms with Crippen molar-refractivity contribution in [1.82, 2.24) is 19.6 Å². The maximum Gasteiger partial charge on any atom is 0.233 e. The van der Waals surface area contributed by atoms with Gasteiger partial charge in [0.15, 0.2) is 5.16 Å². The van der Waals surface area contributed by atoms with E-state index in [-0.39, 0.29) is 24.7 Å². The van der Waals surface area contributed by atoms with E-state index in [0.29, 0.717) is 11.7 Å². The largest absolute Gasteiger partial charge is 0.359 e. The van der Waals surface area contributed by atoms with Crippen LogP contribution in [0.15, 0.2) is 29.4 Å². The van der Waals surface area contributed by atoms with Gasteiger partial charge < -0.3 is 10.3 Å². The second-order valence-electron chi connectivity index (χ2n) is 5.17. The summed E-state index contributed by atoms with van der Waals surface area (Å²) >= 11 is 1.31. The number of para-hydroxylation sites is 2. The summed E-state index contributed by atoms with van der Waals surface area (Å²) in [6.45, 7) is 2.73. The van der Waals surface area contributed by atoms with Crippen LogP contribution in [0.2, 0.25) is 0 Å². The molecule has 124 valence electrons. The second-order valence-corrected chi connectivity index (χ2v) is 6.18. The van der Waals surface area contributed by atoms with Gasteiger partial charge in [0.05, 0.1) is 11.0 Å². The van der Waals surface area contributed by atoms with Gasteiger partial charge in [0.25, 0.3) is 0 Å². The maximum absolute atomic E-state index is 12.4. The molecule has 0 saturated heterocycles. The molecule has 0 aliphatic heterocycles. The fourth-order valence-corrected chi connectivity index (χ4v) is 2.99. The average Bonchev–Trinajstić information content (AvgIpc) is 2.98. The molecule has 2 rings (SSSR count). The molecule has 2 amide bonds. The molecule has 0 aliphatic carbocycles. The molecular formula is C16H22N4O2S. The summed E-state index contributed by atoms with van der Waals surface area (Å²) in [6, 6.07) is 7.76. The van der Waals surface area contributed by atoms with Crippen LogP contribution in [0.1, 0.15) is 32.6 Å². The highest BCUT2D eigenvalue weighted by Gasteiger charge is 2.17. The van der Waals surface area contributed by atoms with Crippen LogP contribution in [0.4, 0.5) is 0 Å². The van der Waals surface area contributed by atoms with Crippen molar-refractivity contribution in [3.05, 3.63) is 24.3 Å². The van der Waals surface area contributed by atoms with Gasteiger partial charge in [0.1, 0.15) is 0 Å². The highest BCUT2D eigenvalue weighted by Crippen LogP contribution is 2.24. The molecule has 0 fully saturated rings. The minimum Gasteiger partial charge on any atom is -0.359 e. The number of carbonyl (C=O) groups is 2. The molecular weight excluding hydrogens is 312 g/mol. The molecule has 1 aromatic carbocycles. The smallest absolute Gasteiger partial charge is 0.233 e. The zero-order chi connectivity index (χ0) is 16.7. The third-order valence-corrected chi connectivity index (χ3v) is 4.37. The average molecular weight is 334 g/mol. The van der Waals surface area contributed by atoms with E-state index in [1.54, 1.807) is 11.4 Å². The van der Waals surface area contributed by atoms with Crippen LogP contribution in [0, 0.1) is 0 Å². The molecule has 6 nitrogen and oxygen atoms in total. The lowest BCUT2D eigenvalue weighted by atomic mass is 10.2. The van der Waals surface area contributed by atoms with Gasteiger partial charge in [-0.25, -0.2) is 4.98 Å². The number of fused-ring (bicyclic) bond motifs is 1. The molecule has 2 aromatic rings. The van der Waals surface area contributed by atoms with E-state index >= 15 is 0 Å². The Kier molecular flexibility index (Phi) is 6.46. The summed E-state index contributed by atoms with van der Waals surface area (Å²) in [5.74, 6) is -0.171. The topological polar surface area (TPSA) is 78.1 Å². The Morgan fingerprint density at radius 1 is 1.30 bits per heavy atom. The minimum absolute atomic E-state index is 0.0486. The Labute approximate surface area is 140 Å². The van der Waals surface area contributed by atoms with E-state index in [9.17, 15) is 9.59 Å². The number of hydrogen-bond donors (Lipinski definition) is 2. The van der Waals surface area contributed by atoms with Gasteiger partial charge in [0.2, 0.25) is 11.8 Å². The van der Waals surface area contributed by atoms with Gasteiger partial charge in [-0.2, -0.15) is 0 Å². The number of benzene rings is 1. The molecule has 0 spiro atoms. The first-order valence-electron chi connectivity index (χ1n) is 7.77. The number of rotatable bonds is 8. The SMILES string of the molecule is CCCCN(Sc1nc2ccccc2[nH]1)C(=O)CCC(=O)NC. The summed E-state index contributed by atoms with van der Waals surface area (Å²) in [4.78, 5) is 31.4. The van der Waals surface area contributed by atoms with E-state index in [2.05, 4.69) is 22.2 Å². The molecule has 0 radical (unpaired) electrons. The fraction of sp³-hybridized carbons (Fsp3) is 0.438. The minimum atomic E-state index is -0.123. The second kappa shape index (κ2) is 8.57. The predicted octanol–water partition coefficient (Wildman–Crippen LogP) is 2.72. The fourth-order valence-electron chi connectivity index (χ4n) is 2.07. The van der Waals surface area contributed by atoms with Crippen LogP contribution < -0.4 is 5.32 Å². The predicted molar refractivity (Wildman–Crippen MR) is 91.9 cm³/mol. The Morgan fingerprint density at radius 2 is 2.09 bits per heavy atom. The maximum atomic E-state index is 12.4. The van der Waals surface area contributed by atoms with Crippen LogP contribution in [-0.4, -0.2) is 39.7 Å². The number of aromatic amines is 1. The molecule has 7 heteroatoms. The van der Waals surface area contributed by atoms with Crippen molar-refractivity contribution in [3.63, 3.8) is 0 Å². The zero-order valence-electron chi connectivity index (χ0n) is 13.5. The van der Waals surface area contributed by atoms with Gasteiger partial charge in [-0.3, -0.25) is 13.9 Å². The molecule has 0 atom stereocenters. The number of nitrogens with zero attached hydrogens (tertiary/aromatic N) is 2. The molecule has 0 aliphatic rings. The van der Waals surface area contributed by atoms with Gasteiger partial charge in [-0.1, -0.05) is 25.5 Å². The van der Waals surface area contributed by atoms with Gasteiger partial charge in [0, 0.05) is 38.4 Å².